The van der Waals surface area contributed by atoms with Crippen molar-refractivity contribution in [3.05, 3.63) is 76.1 Å². The molecule has 1 aromatic heterocycles. The summed E-state index contributed by atoms with van der Waals surface area (Å²) in [5.41, 5.74) is 5.22. The maximum atomic E-state index is 12.4. The molecule has 1 amide bonds. The standard InChI is InChI=1S/C20H19ClN4O/c1-12-5-4-6-17(14(12)3)25-20-22-10-15(11-23-20)19(26)24-18-9-16(21)8-7-13(18)2/h4-11H,1-3H3,(H,24,26)(H,22,23,25). The molecule has 132 valence electrons. The Hall–Kier alpha value is -2.92. The average Bonchev–Trinajstić information content (AvgIpc) is 2.62. The number of hydrogen-bond acceptors (Lipinski definition) is 4. The first-order chi connectivity index (χ1) is 12.4. The van der Waals surface area contributed by atoms with Crippen molar-refractivity contribution < 1.29 is 4.79 Å². The van der Waals surface area contributed by atoms with E-state index >= 15 is 0 Å². The van der Waals surface area contributed by atoms with Crippen LogP contribution in [0.4, 0.5) is 17.3 Å². The first-order valence-corrected chi connectivity index (χ1v) is 8.54. The van der Waals surface area contributed by atoms with Gasteiger partial charge in [0.05, 0.1) is 5.56 Å². The van der Waals surface area contributed by atoms with Crippen LogP contribution in [0.25, 0.3) is 0 Å². The fourth-order valence-electron chi connectivity index (χ4n) is 2.44. The van der Waals surface area contributed by atoms with Crippen LogP contribution < -0.4 is 10.6 Å². The summed E-state index contributed by atoms with van der Waals surface area (Å²) in [4.78, 5) is 20.9. The van der Waals surface area contributed by atoms with Gasteiger partial charge in [-0.3, -0.25) is 4.79 Å². The maximum absolute atomic E-state index is 12.4. The highest BCUT2D eigenvalue weighted by atomic mass is 35.5. The highest BCUT2D eigenvalue weighted by Crippen LogP contribution is 2.22. The molecule has 0 spiro atoms. The predicted octanol–water partition coefficient (Wildman–Crippen LogP) is 5.05. The summed E-state index contributed by atoms with van der Waals surface area (Å²) in [6.07, 6.45) is 2.99. The van der Waals surface area contributed by atoms with Gasteiger partial charge in [-0.25, -0.2) is 9.97 Å². The number of nitrogens with one attached hydrogen (secondary N) is 2. The summed E-state index contributed by atoms with van der Waals surface area (Å²) in [5, 5.41) is 6.57. The van der Waals surface area contributed by atoms with Crippen LogP contribution in [0.5, 0.6) is 0 Å². The Balaban J connectivity index is 1.73. The lowest BCUT2D eigenvalue weighted by atomic mass is 10.1. The van der Waals surface area contributed by atoms with Crippen LogP contribution in [0.3, 0.4) is 0 Å². The minimum absolute atomic E-state index is 0.284. The molecule has 0 aliphatic rings. The molecule has 3 aromatic rings. The number of rotatable bonds is 4. The SMILES string of the molecule is Cc1ccc(Cl)cc1NC(=O)c1cnc(Nc2cccc(C)c2C)nc1. The van der Waals surface area contributed by atoms with Gasteiger partial charge in [-0.1, -0.05) is 29.8 Å². The summed E-state index contributed by atoms with van der Waals surface area (Å²) >= 11 is 5.98. The van der Waals surface area contributed by atoms with Crippen LogP contribution >= 0.6 is 11.6 Å². The highest BCUT2D eigenvalue weighted by molar-refractivity contribution is 6.31. The van der Waals surface area contributed by atoms with Gasteiger partial charge in [-0.05, 0) is 55.7 Å². The summed E-state index contributed by atoms with van der Waals surface area (Å²) in [5.74, 6) is 0.155. The summed E-state index contributed by atoms with van der Waals surface area (Å²) in [6, 6.07) is 11.3. The molecule has 0 bridgehead atoms. The Morgan fingerprint density at radius 1 is 0.962 bits per heavy atom. The van der Waals surface area contributed by atoms with Crippen molar-refractivity contribution in [3.8, 4) is 0 Å². The third kappa shape index (κ3) is 4.00. The summed E-state index contributed by atoms with van der Waals surface area (Å²) < 4.78 is 0. The number of amides is 1. The van der Waals surface area contributed by atoms with Gasteiger partial charge in [0.2, 0.25) is 5.95 Å². The van der Waals surface area contributed by atoms with E-state index < -0.39 is 0 Å². The van der Waals surface area contributed by atoms with E-state index in [1.807, 2.05) is 45.0 Å². The van der Waals surface area contributed by atoms with Crippen LogP contribution in [0.2, 0.25) is 5.02 Å². The Labute approximate surface area is 157 Å². The van der Waals surface area contributed by atoms with Crippen LogP contribution in [0.15, 0.2) is 48.8 Å². The number of hydrogen-bond donors (Lipinski definition) is 2. The van der Waals surface area contributed by atoms with Crippen molar-refractivity contribution in [3.63, 3.8) is 0 Å². The maximum Gasteiger partial charge on any atom is 0.258 e. The third-order valence-electron chi connectivity index (χ3n) is 4.21. The zero-order chi connectivity index (χ0) is 18.7. The first-order valence-electron chi connectivity index (χ1n) is 8.17. The molecule has 0 unspecified atom stereocenters. The number of benzene rings is 2. The second-order valence-electron chi connectivity index (χ2n) is 6.08. The topological polar surface area (TPSA) is 66.9 Å². The minimum atomic E-state index is -0.284. The van der Waals surface area contributed by atoms with E-state index in [1.165, 1.54) is 18.0 Å². The van der Waals surface area contributed by atoms with Crippen molar-refractivity contribution in [1.82, 2.24) is 9.97 Å². The molecule has 1 heterocycles. The van der Waals surface area contributed by atoms with Gasteiger partial charge in [0, 0.05) is 28.8 Å². The van der Waals surface area contributed by atoms with Gasteiger partial charge >= 0.3 is 0 Å². The van der Waals surface area contributed by atoms with Gasteiger partial charge in [-0.2, -0.15) is 0 Å². The van der Waals surface area contributed by atoms with Crippen LogP contribution in [-0.4, -0.2) is 15.9 Å². The van der Waals surface area contributed by atoms with Crippen LogP contribution in [0.1, 0.15) is 27.0 Å². The smallest absolute Gasteiger partial charge is 0.258 e. The van der Waals surface area contributed by atoms with Gasteiger partial charge in [0.15, 0.2) is 0 Å². The van der Waals surface area contributed by atoms with Gasteiger partial charge in [-0.15, -0.1) is 0 Å². The van der Waals surface area contributed by atoms with Crippen molar-refractivity contribution in [1.29, 1.82) is 0 Å². The number of carbonyl (C=O) groups excluding carboxylic acids is 1. The first kappa shape index (κ1) is 17.9. The second-order valence-corrected chi connectivity index (χ2v) is 6.52. The van der Waals surface area contributed by atoms with Gasteiger partial charge < -0.3 is 10.6 Å². The van der Waals surface area contributed by atoms with Crippen LogP contribution in [0, 0.1) is 20.8 Å². The normalized spacial score (nSPS) is 10.5. The van der Waals surface area contributed by atoms with Crippen molar-refractivity contribution in [2.24, 2.45) is 0 Å². The Bertz CT molecular complexity index is 955. The Morgan fingerprint density at radius 3 is 2.42 bits per heavy atom. The predicted molar refractivity (Wildman–Crippen MR) is 105 cm³/mol. The fourth-order valence-corrected chi connectivity index (χ4v) is 2.61. The van der Waals surface area contributed by atoms with E-state index in [-0.39, 0.29) is 5.91 Å². The molecule has 0 radical (unpaired) electrons. The molecular formula is C20H19ClN4O. The fraction of sp³-hybridized carbons (Fsp3) is 0.150. The molecule has 0 aliphatic carbocycles. The lowest BCUT2D eigenvalue weighted by Crippen LogP contribution is -2.14. The monoisotopic (exact) mass is 366 g/mol. The number of nitrogens with zero attached hydrogens (tertiary/aromatic N) is 2. The van der Waals surface area contributed by atoms with E-state index in [1.54, 1.807) is 12.1 Å². The Kier molecular flexibility index (Phi) is 5.19. The van der Waals surface area contributed by atoms with Crippen molar-refractivity contribution in [2.75, 3.05) is 10.6 Å². The molecule has 0 atom stereocenters. The van der Waals surface area contributed by atoms with Crippen molar-refractivity contribution in [2.45, 2.75) is 20.8 Å². The van der Waals surface area contributed by atoms with E-state index in [0.29, 0.717) is 22.2 Å². The molecule has 2 aromatic carbocycles. The quantitative estimate of drug-likeness (QED) is 0.678. The molecule has 26 heavy (non-hydrogen) atoms. The number of carbonyl (C=O) groups is 1. The van der Waals surface area contributed by atoms with E-state index in [4.69, 9.17) is 11.6 Å². The Morgan fingerprint density at radius 2 is 1.69 bits per heavy atom. The molecule has 3 rings (SSSR count). The molecule has 2 N–H and O–H groups in total. The number of halogens is 1. The lowest BCUT2D eigenvalue weighted by Gasteiger charge is -2.11. The number of aryl methyl sites for hydroxylation is 2. The van der Waals surface area contributed by atoms with Gasteiger partial charge in [0.1, 0.15) is 0 Å². The van der Waals surface area contributed by atoms with Gasteiger partial charge in [0.25, 0.3) is 5.91 Å². The molecule has 0 saturated carbocycles. The molecule has 5 nitrogen and oxygen atoms in total. The van der Waals surface area contributed by atoms with E-state index in [0.717, 1.165) is 16.8 Å². The lowest BCUT2D eigenvalue weighted by molar-refractivity contribution is 0.102. The molecule has 0 fully saturated rings. The third-order valence-corrected chi connectivity index (χ3v) is 4.45. The zero-order valence-electron chi connectivity index (χ0n) is 14.8. The average molecular weight is 367 g/mol. The van der Waals surface area contributed by atoms with Crippen LogP contribution in [-0.2, 0) is 0 Å². The minimum Gasteiger partial charge on any atom is -0.324 e. The molecule has 6 heteroatoms. The second kappa shape index (κ2) is 7.54. The summed E-state index contributed by atoms with van der Waals surface area (Å²) in [7, 11) is 0. The van der Waals surface area contributed by atoms with Crippen molar-refractivity contribution >= 4 is 34.8 Å². The molecular weight excluding hydrogens is 348 g/mol. The highest BCUT2D eigenvalue weighted by Gasteiger charge is 2.10. The molecule has 0 saturated heterocycles. The van der Waals surface area contributed by atoms with E-state index in [2.05, 4.69) is 20.6 Å². The largest absolute Gasteiger partial charge is 0.324 e. The summed E-state index contributed by atoms with van der Waals surface area (Å²) in [6.45, 7) is 5.99. The number of anilines is 3. The number of aromatic nitrogens is 2. The zero-order valence-corrected chi connectivity index (χ0v) is 15.6. The molecule has 0 aliphatic heterocycles. The van der Waals surface area contributed by atoms with E-state index in [9.17, 15) is 4.79 Å².